The Morgan fingerprint density at radius 3 is 1.92 bits per heavy atom. The summed E-state index contributed by atoms with van der Waals surface area (Å²) in [4.78, 5) is 52.5. The summed E-state index contributed by atoms with van der Waals surface area (Å²) in [6.07, 6.45) is 2.25. The maximum absolute atomic E-state index is 12.0. The number of methoxy groups -OCH3 is 3. The molecular weight excluding hydrogens is 504 g/mol. The molecule has 0 aliphatic rings. The van der Waals surface area contributed by atoms with Gasteiger partial charge in [0, 0.05) is 47.2 Å². The van der Waals surface area contributed by atoms with E-state index in [1.807, 2.05) is 38.2 Å². The minimum Gasteiger partial charge on any atom is -0.483 e. The van der Waals surface area contributed by atoms with Crippen molar-refractivity contribution in [1.82, 2.24) is 10.2 Å². The van der Waals surface area contributed by atoms with Gasteiger partial charge in [-0.1, -0.05) is 31.5 Å². The fourth-order valence-corrected chi connectivity index (χ4v) is 1.93. The molecule has 1 unspecified atom stereocenters. The van der Waals surface area contributed by atoms with Crippen molar-refractivity contribution in [2.45, 2.75) is 33.3 Å². The molecule has 1 aromatic carbocycles. The predicted octanol–water partition coefficient (Wildman–Crippen LogP) is 2.58. The molecule has 13 heteroatoms. The summed E-state index contributed by atoms with van der Waals surface area (Å²) in [6.45, 7) is 6.43. The quantitative estimate of drug-likeness (QED) is 0.222. The van der Waals surface area contributed by atoms with Crippen LogP contribution in [-0.4, -0.2) is 101 Å². The number of carbonyl (C=O) groups is 5. The normalized spacial score (nSPS) is 9.58. The molecule has 1 aromatic rings. The van der Waals surface area contributed by atoms with Crippen LogP contribution in [0.2, 0.25) is 0 Å². The molecule has 1 rings (SSSR count). The fourth-order valence-electron chi connectivity index (χ4n) is 1.93. The summed E-state index contributed by atoms with van der Waals surface area (Å²) in [5.41, 5.74) is 1.57. The van der Waals surface area contributed by atoms with E-state index in [0.717, 1.165) is 12.7 Å². The first kappa shape index (κ1) is 41.2. The van der Waals surface area contributed by atoms with Gasteiger partial charge in [0.05, 0.1) is 18.8 Å². The van der Waals surface area contributed by atoms with Gasteiger partial charge in [-0.15, -0.1) is 0 Å². The van der Waals surface area contributed by atoms with E-state index in [1.165, 1.54) is 6.08 Å². The Kier molecular flexibility index (Phi) is 33.7. The van der Waals surface area contributed by atoms with E-state index in [9.17, 15) is 14.4 Å². The lowest BCUT2D eigenvalue weighted by molar-refractivity contribution is -0.123. The number of nitrogens with one attached hydrogen (secondary N) is 1. The Hall–Kier alpha value is -3.97. The Balaban J connectivity index is -0.000000372. The number of benzene rings is 1. The minimum absolute atomic E-state index is 0.145. The summed E-state index contributed by atoms with van der Waals surface area (Å²) in [6, 6.07) is 7.16. The summed E-state index contributed by atoms with van der Waals surface area (Å²) in [7, 11) is 7.69. The zero-order chi connectivity index (χ0) is 30.4. The van der Waals surface area contributed by atoms with E-state index in [1.54, 1.807) is 51.6 Å². The predicted molar refractivity (Wildman–Crippen MR) is 141 cm³/mol. The number of imide groups is 1. The number of rotatable bonds is 10. The van der Waals surface area contributed by atoms with E-state index >= 15 is 0 Å². The molecule has 0 saturated heterocycles. The van der Waals surface area contributed by atoms with Crippen molar-refractivity contribution in [2.75, 3.05) is 48.6 Å². The van der Waals surface area contributed by atoms with Crippen molar-refractivity contribution >= 4 is 30.9 Å². The average molecular weight is 547 g/mol. The summed E-state index contributed by atoms with van der Waals surface area (Å²) < 4.78 is 18.5. The number of carbonyl (C=O) groups excluding carboxylic acids is 3. The Morgan fingerprint density at radius 2 is 1.53 bits per heavy atom. The second kappa shape index (κ2) is 31.1. The first-order valence-corrected chi connectivity index (χ1v) is 11.2. The van der Waals surface area contributed by atoms with Gasteiger partial charge in [-0.25, -0.2) is 9.59 Å². The van der Waals surface area contributed by atoms with Gasteiger partial charge in [0.15, 0.2) is 0 Å². The summed E-state index contributed by atoms with van der Waals surface area (Å²) in [5.74, 6) is -0.877. The van der Waals surface area contributed by atoms with Gasteiger partial charge < -0.3 is 34.1 Å². The van der Waals surface area contributed by atoms with Gasteiger partial charge in [0.2, 0.25) is 6.41 Å². The van der Waals surface area contributed by atoms with Crippen LogP contribution >= 0.6 is 0 Å². The second-order valence-electron chi connectivity index (χ2n) is 6.52. The van der Waals surface area contributed by atoms with Crippen LogP contribution in [-0.2, 0) is 33.3 Å². The van der Waals surface area contributed by atoms with Crippen LogP contribution in [0.3, 0.4) is 0 Å². The number of ether oxygens (including phenoxy) is 4. The highest BCUT2D eigenvalue weighted by atomic mass is 16.6. The number of hydrogen-bond acceptors (Lipinski definition) is 10. The van der Waals surface area contributed by atoms with Gasteiger partial charge in [-0.05, 0) is 25.5 Å². The number of nitrogens with zero attached hydrogens (tertiary/aromatic N) is 1. The average Bonchev–Trinajstić information content (AvgIpc) is 2.90. The molecule has 13 nitrogen and oxygen atoms in total. The van der Waals surface area contributed by atoms with E-state index in [0.29, 0.717) is 24.9 Å². The molecule has 0 radical (unpaired) electrons. The number of esters is 1. The molecule has 38 heavy (non-hydrogen) atoms. The van der Waals surface area contributed by atoms with Crippen molar-refractivity contribution in [3.8, 4) is 0 Å². The molecule has 0 aliphatic heterocycles. The standard InChI is InChI=1S/C18H24N2O5.C2H4O3.C2H6O.C2H6.CH2O2/c1-14-4-6-15(7-5-14)18(23)25-12-16(24-3)8-10-20(2)11-9-17(22)19-13-21;1-5-2(3)4;1-3-2;1-2;2-1-3/h4-7,9,11,13,16H,8,10,12H2,1-3H3,(H,19,21,22);1H3,(H,3,4);1-2H3;1-2H3;1H,(H,2,3)/b11-9-;;;;. The zero-order valence-electron chi connectivity index (χ0n) is 23.3. The van der Waals surface area contributed by atoms with E-state index in [-0.39, 0.29) is 25.2 Å². The van der Waals surface area contributed by atoms with Gasteiger partial charge >= 0.3 is 12.1 Å². The molecule has 2 amide bonds. The maximum atomic E-state index is 12.0. The molecule has 0 saturated carbocycles. The summed E-state index contributed by atoms with van der Waals surface area (Å²) in [5, 5.41) is 16.4. The SMILES string of the molecule is CC.COC.COC(=O)O.COC(CCN(C)/C=C\C(=O)NC=O)COC(=O)c1ccc(C)cc1.O=CO. The fraction of sp³-hybridized carbons (Fsp3) is 0.480. The molecular formula is C25H42N2O11. The van der Waals surface area contributed by atoms with Crippen LogP contribution in [0.1, 0.15) is 36.2 Å². The Labute approximate surface area is 224 Å². The minimum atomic E-state index is -1.25. The molecule has 1 atom stereocenters. The highest BCUT2D eigenvalue weighted by molar-refractivity contribution is 5.94. The molecule has 3 N–H and O–H groups in total. The van der Waals surface area contributed by atoms with Crippen molar-refractivity contribution < 1.29 is 53.1 Å². The first-order chi connectivity index (χ1) is 18.1. The molecule has 0 spiro atoms. The van der Waals surface area contributed by atoms with Gasteiger partial charge in [-0.3, -0.25) is 19.7 Å². The summed E-state index contributed by atoms with van der Waals surface area (Å²) >= 11 is 0. The van der Waals surface area contributed by atoms with Gasteiger partial charge in [-0.2, -0.15) is 0 Å². The van der Waals surface area contributed by atoms with Crippen molar-refractivity contribution in [3.63, 3.8) is 0 Å². The van der Waals surface area contributed by atoms with Crippen molar-refractivity contribution in [1.29, 1.82) is 0 Å². The van der Waals surface area contributed by atoms with Gasteiger partial charge in [0.25, 0.3) is 12.4 Å². The largest absolute Gasteiger partial charge is 0.505 e. The van der Waals surface area contributed by atoms with Crippen LogP contribution in [0.4, 0.5) is 4.79 Å². The lowest BCUT2D eigenvalue weighted by Crippen LogP contribution is -2.26. The van der Waals surface area contributed by atoms with Crippen LogP contribution in [0, 0.1) is 6.92 Å². The van der Waals surface area contributed by atoms with Gasteiger partial charge in [0.1, 0.15) is 6.61 Å². The molecule has 0 heterocycles. The topological polar surface area (TPSA) is 178 Å². The van der Waals surface area contributed by atoms with E-state index in [2.05, 4.69) is 9.47 Å². The highest BCUT2D eigenvalue weighted by Gasteiger charge is 2.13. The smallest absolute Gasteiger partial charge is 0.483 e. The number of hydrogen-bond donors (Lipinski definition) is 3. The Morgan fingerprint density at radius 1 is 1.05 bits per heavy atom. The van der Waals surface area contributed by atoms with Crippen LogP contribution in [0.15, 0.2) is 36.5 Å². The zero-order valence-corrected chi connectivity index (χ0v) is 23.3. The van der Waals surface area contributed by atoms with E-state index < -0.39 is 12.1 Å². The van der Waals surface area contributed by atoms with Crippen LogP contribution in [0.25, 0.3) is 0 Å². The molecule has 0 fully saturated rings. The van der Waals surface area contributed by atoms with Crippen molar-refractivity contribution in [2.24, 2.45) is 0 Å². The van der Waals surface area contributed by atoms with Crippen LogP contribution < -0.4 is 5.32 Å². The van der Waals surface area contributed by atoms with E-state index in [4.69, 9.17) is 29.3 Å². The monoisotopic (exact) mass is 546 g/mol. The molecule has 218 valence electrons. The maximum Gasteiger partial charge on any atom is 0.505 e. The Bertz CT molecular complexity index is 769. The molecule has 0 aromatic heterocycles. The second-order valence-corrected chi connectivity index (χ2v) is 6.52. The first-order valence-electron chi connectivity index (χ1n) is 11.2. The van der Waals surface area contributed by atoms with Crippen LogP contribution in [0.5, 0.6) is 0 Å². The number of carboxylic acid groups (broad SMARTS) is 2. The third-order valence-electron chi connectivity index (χ3n) is 3.68. The number of aryl methyl sites for hydroxylation is 1. The molecule has 0 bridgehead atoms. The number of amides is 2. The van der Waals surface area contributed by atoms with Crippen molar-refractivity contribution in [3.05, 3.63) is 47.7 Å². The lowest BCUT2D eigenvalue weighted by Gasteiger charge is -2.19. The molecule has 0 aliphatic carbocycles. The third kappa shape index (κ3) is 30.1. The highest BCUT2D eigenvalue weighted by Crippen LogP contribution is 2.07. The lowest BCUT2D eigenvalue weighted by atomic mass is 10.1. The third-order valence-corrected chi connectivity index (χ3v) is 3.68.